The van der Waals surface area contributed by atoms with Crippen LogP contribution in [-0.2, 0) is 4.75 Å². The molecule has 0 amide bonds. The second-order valence-corrected chi connectivity index (χ2v) is 9.38. The van der Waals surface area contributed by atoms with Crippen molar-refractivity contribution in [3.8, 4) is 0 Å². The molecule has 0 aliphatic heterocycles. The van der Waals surface area contributed by atoms with E-state index in [2.05, 4.69) is 97.9 Å². The van der Waals surface area contributed by atoms with Crippen LogP contribution in [0.5, 0.6) is 0 Å². The van der Waals surface area contributed by atoms with Crippen molar-refractivity contribution in [1.29, 1.82) is 0 Å². The fourth-order valence-electron chi connectivity index (χ4n) is 3.38. The molecule has 0 bridgehead atoms. The Balaban J connectivity index is 1.98. The van der Waals surface area contributed by atoms with Crippen LogP contribution in [0, 0.1) is 0 Å². The molecule has 2 heteroatoms. The summed E-state index contributed by atoms with van der Waals surface area (Å²) >= 11 is 0. The summed E-state index contributed by atoms with van der Waals surface area (Å²) in [4.78, 5) is 0. The van der Waals surface area contributed by atoms with Gasteiger partial charge in [0.2, 0.25) is 0 Å². The highest BCUT2D eigenvalue weighted by Gasteiger charge is 2.37. The fraction of sp³-hybridized carbons (Fsp3) is 0.280. The summed E-state index contributed by atoms with van der Waals surface area (Å²) in [7, 11) is 4.01. The lowest BCUT2D eigenvalue weighted by atomic mass is 9.84. The van der Waals surface area contributed by atoms with Gasteiger partial charge in [0, 0.05) is 5.75 Å². The summed E-state index contributed by atoms with van der Waals surface area (Å²) in [6.07, 6.45) is 5.26. The van der Waals surface area contributed by atoms with Gasteiger partial charge < -0.3 is 0 Å². The van der Waals surface area contributed by atoms with Crippen LogP contribution in [0.15, 0.2) is 91.0 Å². The average molecular weight is 393 g/mol. The predicted molar refractivity (Wildman–Crippen MR) is 123 cm³/mol. The Morgan fingerprint density at radius 1 is 0.593 bits per heavy atom. The molecule has 0 atom stereocenters. The van der Waals surface area contributed by atoms with Gasteiger partial charge in [0.1, 0.15) is 4.75 Å². The Hall–Kier alpha value is -1.64. The lowest BCUT2D eigenvalue weighted by molar-refractivity contribution is 0.707. The van der Waals surface area contributed by atoms with E-state index in [1.165, 1.54) is 48.1 Å². The molecule has 0 N–H and O–H groups in total. The lowest BCUT2D eigenvalue weighted by Gasteiger charge is -2.34. The standard InChI is InChI=1S/C25H28S2/c1-2-3-4-14-21-26-27-25(22-15-8-5-9-16-22,23-17-10-6-11-18-23)24-19-12-7-13-20-24/h5-13,15-20H,2-4,14,21H2,1H3. The van der Waals surface area contributed by atoms with Crippen LogP contribution in [0.25, 0.3) is 0 Å². The molecule has 3 rings (SSSR count). The zero-order valence-corrected chi connectivity index (χ0v) is 17.6. The molecule has 0 heterocycles. The van der Waals surface area contributed by atoms with Crippen molar-refractivity contribution in [3.05, 3.63) is 108 Å². The molecule has 0 saturated carbocycles. The first-order valence-electron chi connectivity index (χ1n) is 9.85. The molecule has 0 saturated heterocycles. The Labute approximate surface area is 172 Å². The minimum absolute atomic E-state index is 0.195. The van der Waals surface area contributed by atoms with Gasteiger partial charge in [0.15, 0.2) is 0 Å². The normalized spacial score (nSPS) is 11.4. The summed E-state index contributed by atoms with van der Waals surface area (Å²) in [5, 5.41) is 0. The number of benzene rings is 3. The second kappa shape index (κ2) is 10.6. The molecule has 0 aromatic heterocycles. The van der Waals surface area contributed by atoms with E-state index in [9.17, 15) is 0 Å². The highest BCUT2D eigenvalue weighted by molar-refractivity contribution is 8.77. The van der Waals surface area contributed by atoms with Crippen molar-refractivity contribution < 1.29 is 0 Å². The number of rotatable bonds is 10. The van der Waals surface area contributed by atoms with E-state index in [-0.39, 0.29) is 4.75 Å². The molecule has 0 aliphatic rings. The maximum Gasteiger partial charge on any atom is 0.101 e. The van der Waals surface area contributed by atoms with E-state index in [4.69, 9.17) is 0 Å². The number of hydrogen-bond donors (Lipinski definition) is 0. The zero-order chi connectivity index (χ0) is 18.8. The predicted octanol–water partition coefficient (Wildman–Crippen LogP) is 7.94. The van der Waals surface area contributed by atoms with Gasteiger partial charge in [0.05, 0.1) is 0 Å². The minimum atomic E-state index is -0.195. The van der Waals surface area contributed by atoms with Crippen molar-refractivity contribution in [1.82, 2.24) is 0 Å². The van der Waals surface area contributed by atoms with Crippen LogP contribution in [0.2, 0.25) is 0 Å². The topological polar surface area (TPSA) is 0 Å². The molecule has 0 spiro atoms. The summed E-state index contributed by atoms with van der Waals surface area (Å²) in [6, 6.07) is 32.9. The van der Waals surface area contributed by atoms with Gasteiger partial charge in [-0.3, -0.25) is 0 Å². The van der Waals surface area contributed by atoms with E-state index in [1.807, 2.05) is 21.6 Å². The van der Waals surface area contributed by atoms with Gasteiger partial charge in [-0.1, -0.05) is 139 Å². The third-order valence-corrected chi connectivity index (χ3v) is 7.94. The maximum atomic E-state index is 2.27. The number of unbranched alkanes of at least 4 members (excludes halogenated alkanes) is 3. The molecule has 0 fully saturated rings. The SMILES string of the molecule is CCCCCCSSC(c1ccccc1)(c1ccccc1)c1ccccc1. The maximum absolute atomic E-state index is 2.27. The molecular weight excluding hydrogens is 364 g/mol. The van der Waals surface area contributed by atoms with Gasteiger partial charge in [-0.25, -0.2) is 0 Å². The quantitative estimate of drug-likeness (QED) is 0.195. The Bertz CT molecular complexity index is 673. The van der Waals surface area contributed by atoms with Gasteiger partial charge >= 0.3 is 0 Å². The van der Waals surface area contributed by atoms with Crippen LogP contribution in [-0.4, -0.2) is 5.75 Å². The molecule has 27 heavy (non-hydrogen) atoms. The number of hydrogen-bond acceptors (Lipinski definition) is 2. The highest BCUT2D eigenvalue weighted by atomic mass is 33.1. The molecule has 140 valence electrons. The van der Waals surface area contributed by atoms with Gasteiger partial charge in [-0.2, -0.15) is 0 Å². The van der Waals surface area contributed by atoms with Crippen molar-refractivity contribution in [2.75, 3.05) is 5.75 Å². The van der Waals surface area contributed by atoms with Crippen molar-refractivity contribution >= 4 is 21.6 Å². The van der Waals surface area contributed by atoms with Crippen molar-refractivity contribution in [2.24, 2.45) is 0 Å². The molecular formula is C25H28S2. The summed E-state index contributed by atoms with van der Waals surface area (Å²) in [6.45, 7) is 2.27. The van der Waals surface area contributed by atoms with E-state index < -0.39 is 0 Å². The summed E-state index contributed by atoms with van der Waals surface area (Å²) in [5.41, 5.74) is 4.02. The van der Waals surface area contributed by atoms with Crippen LogP contribution in [0.4, 0.5) is 0 Å². The van der Waals surface area contributed by atoms with Crippen molar-refractivity contribution in [2.45, 2.75) is 37.4 Å². The summed E-state index contributed by atoms with van der Waals surface area (Å²) < 4.78 is -0.195. The molecule has 0 unspecified atom stereocenters. The van der Waals surface area contributed by atoms with E-state index in [0.717, 1.165) is 0 Å². The van der Waals surface area contributed by atoms with Crippen molar-refractivity contribution in [3.63, 3.8) is 0 Å². The van der Waals surface area contributed by atoms with E-state index >= 15 is 0 Å². The zero-order valence-electron chi connectivity index (χ0n) is 16.0. The third kappa shape index (κ3) is 5.00. The third-order valence-electron chi connectivity index (χ3n) is 4.81. The largest absolute Gasteiger partial charge is 0.101 e. The smallest absolute Gasteiger partial charge is 0.0926 e. The first-order chi connectivity index (χ1) is 13.4. The molecule has 0 radical (unpaired) electrons. The van der Waals surface area contributed by atoms with Crippen LogP contribution in [0.1, 0.15) is 49.3 Å². The van der Waals surface area contributed by atoms with Gasteiger partial charge in [-0.05, 0) is 23.1 Å². The molecule has 3 aromatic carbocycles. The van der Waals surface area contributed by atoms with Gasteiger partial charge in [0.25, 0.3) is 0 Å². The van der Waals surface area contributed by atoms with Gasteiger partial charge in [-0.15, -0.1) is 0 Å². The Morgan fingerprint density at radius 3 is 1.44 bits per heavy atom. The fourth-order valence-corrected chi connectivity index (χ4v) is 6.66. The highest BCUT2D eigenvalue weighted by Crippen LogP contribution is 2.53. The van der Waals surface area contributed by atoms with E-state index in [0.29, 0.717) is 0 Å². The van der Waals surface area contributed by atoms with Crippen LogP contribution >= 0.6 is 21.6 Å². The first kappa shape index (κ1) is 20.1. The van der Waals surface area contributed by atoms with Crippen LogP contribution in [0.3, 0.4) is 0 Å². The minimum Gasteiger partial charge on any atom is -0.0926 e. The average Bonchev–Trinajstić information content (AvgIpc) is 2.75. The molecule has 0 aliphatic carbocycles. The van der Waals surface area contributed by atoms with E-state index in [1.54, 1.807) is 0 Å². The molecule has 0 nitrogen and oxygen atoms in total. The Morgan fingerprint density at radius 2 is 1.04 bits per heavy atom. The second-order valence-electron chi connectivity index (χ2n) is 6.75. The monoisotopic (exact) mass is 392 g/mol. The van der Waals surface area contributed by atoms with Crippen LogP contribution < -0.4 is 0 Å². The first-order valence-corrected chi connectivity index (χ1v) is 12.2. The Kier molecular flexibility index (Phi) is 7.92. The molecule has 3 aromatic rings. The lowest BCUT2D eigenvalue weighted by Crippen LogP contribution is -2.24. The summed E-state index contributed by atoms with van der Waals surface area (Å²) in [5.74, 6) is 1.19.